The van der Waals surface area contributed by atoms with Crippen molar-refractivity contribution in [1.29, 1.82) is 0 Å². The van der Waals surface area contributed by atoms with Crippen molar-refractivity contribution >= 4 is 17.9 Å². The van der Waals surface area contributed by atoms with Gasteiger partial charge in [-0.1, -0.05) is 131 Å². The molecule has 0 rings (SSSR count). The number of carboxylic acids is 1. The average Bonchev–Trinajstić information content (AvgIpc) is 3.11. The van der Waals surface area contributed by atoms with Gasteiger partial charge in [-0.25, -0.2) is 0 Å². The van der Waals surface area contributed by atoms with Crippen LogP contribution >= 0.6 is 0 Å². The molecule has 0 aromatic heterocycles. The highest BCUT2D eigenvalue weighted by atomic mass is 16.6. The number of allylic oxidation sites excluding steroid dienone is 14. The molecule has 0 radical (unpaired) electrons. The minimum Gasteiger partial charge on any atom is -0.544 e. The number of carbonyl (C=O) groups is 3. The van der Waals surface area contributed by atoms with Crippen molar-refractivity contribution in [1.82, 2.24) is 0 Å². The molecule has 0 saturated carbocycles. The van der Waals surface area contributed by atoms with Crippen LogP contribution in [0.15, 0.2) is 85.1 Å². The second-order valence-corrected chi connectivity index (χ2v) is 14.2. The number of hydrogen-bond acceptors (Lipinski definition) is 7. The molecule has 2 atom stereocenters. The molecule has 300 valence electrons. The Labute approximate surface area is 323 Å². The van der Waals surface area contributed by atoms with Gasteiger partial charge in [0, 0.05) is 19.3 Å². The summed E-state index contributed by atoms with van der Waals surface area (Å²) in [7, 11) is 5.37. The van der Waals surface area contributed by atoms with Gasteiger partial charge in [-0.2, -0.15) is 0 Å². The van der Waals surface area contributed by atoms with E-state index in [2.05, 4.69) is 68.5 Å². The number of rotatable bonds is 34. The lowest BCUT2D eigenvalue weighted by atomic mass is 10.1. The molecule has 2 unspecified atom stereocenters. The summed E-state index contributed by atoms with van der Waals surface area (Å²) in [5.74, 6) is -1.81. The number of quaternary nitrogens is 1. The number of unbranched alkanes of at least 4 members (excludes halogenated alkanes) is 9. The van der Waals surface area contributed by atoms with Crippen LogP contribution in [0.3, 0.4) is 0 Å². The van der Waals surface area contributed by atoms with Crippen molar-refractivity contribution in [2.24, 2.45) is 0 Å². The van der Waals surface area contributed by atoms with E-state index in [0.717, 1.165) is 96.3 Å². The predicted molar refractivity (Wildman–Crippen MR) is 217 cm³/mol. The van der Waals surface area contributed by atoms with Gasteiger partial charge in [0.15, 0.2) is 6.10 Å². The molecule has 0 saturated heterocycles. The van der Waals surface area contributed by atoms with Gasteiger partial charge in [0.25, 0.3) is 0 Å². The van der Waals surface area contributed by atoms with Crippen LogP contribution in [-0.2, 0) is 28.6 Å². The number of carbonyl (C=O) groups excluding carboxylic acids is 3. The summed E-state index contributed by atoms with van der Waals surface area (Å²) < 4.78 is 17.1. The molecule has 0 aromatic carbocycles. The molecule has 0 bridgehead atoms. The fourth-order valence-corrected chi connectivity index (χ4v) is 5.27. The van der Waals surface area contributed by atoms with Gasteiger partial charge < -0.3 is 28.6 Å². The van der Waals surface area contributed by atoms with E-state index >= 15 is 0 Å². The highest BCUT2D eigenvalue weighted by molar-refractivity contribution is 5.70. The Kier molecular flexibility index (Phi) is 33.2. The van der Waals surface area contributed by atoms with E-state index in [0.29, 0.717) is 6.42 Å². The number of ether oxygens (including phenoxy) is 3. The first-order valence-corrected chi connectivity index (χ1v) is 20.2. The number of hydrogen-bond donors (Lipinski definition) is 0. The van der Waals surface area contributed by atoms with Crippen LogP contribution in [0.4, 0.5) is 0 Å². The average molecular weight is 740 g/mol. The fourth-order valence-electron chi connectivity index (χ4n) is 5.27. The van der Waals surface area contributed by atoms with E-state index in [-0.39, 0.29) is 49.1 Å². The molecule has 0 heterocycles. The quantitative estimate of drug-likeness (QED) is 0.0213. The van der Waals surface area contributed by atoms with E-state index in [9.17, 15) is 19.5 Å². The van der Waals surface area contributed by atoms with Crippen LogP contribution in [0.25, 0.3) is 0 Å². The van der Waals surface area contributed by atoms with E-state index < -0.39 is 18.1 Å². The van der Waals surface area contributed by atoms with Crippen molar-refractivity contribution in [3.8, 4) is 0 Å². The van der Waals surface area contributed by atoms with Crippen molar-refractivity contribution in [2.45, 2.75) is 142 Å². The van der Waals surface area contributed by atoms with Crippen LogP contribution in [0.5, 0.6) is 0 Å². The highest BCUT2D eigenvalue weighted by Crippen LogP contribution is 2.12. The smallest absolute Gasteiger partial charge is 0.306 e. The molecule has 0 aromatic rings. The molecule has 0 aliphatic rings. The minimum absolute atomic E-state index is 0.0180. The zero-order valence-electron chi connectivity index (χ0n) is 33.9. The van der Waals surface area contributed by atoms with Crippen LogP contribution in [0, 0.1) is 0 Å². The number of aliphatic carboxylic acids is 1. The molecule has 0 amide bonds. The third kappa shape index (κ3) is 34.1. The normalized spacial score (nSPS) is 13.9. The monoisotopic (exact) mass is 740 g/mol. The van der Waals surface area contributed by atoms with E-state index in [1.807, 2.05) is 30.4 Å². The van der Waals surface area contributed by atoms with Gasteiger partial charge in [0.1, 0.15) is 12.6 Å². The van der Waals surface area contributed by atoms with Crippen molar-refractivity contribution in [2.75, 3.05) is 41.0 Å². The van der Waals surface area contributed by atoms with Crippen molar-refractivity contribution in [3.63, 3.8) is 0 Å². The number of esters is 2. The molecule has 0 N–H and O–H groups in total. The van der Waals surface area contributed by atoms with E-state index in [1.54, 1.807) is 21.1 Å². The van der Waals surface area contributed by atoms with Gasteiger partial charge in [0.2, 0.25) is 0 Å². The van der Waals surface area contributed by atoms with Crippen molar-refractivity contribution < 1.29 is 38.2 Å². The second-order valence-electron chi connectivity index (χ2n) is 14.2. The SMILES string of the molecule is CC/C=C/C=C/C=C/C=C/CCCCCCCC(=O)OCC(COCCC(C(=O)[O-])[N+](C)(C)C)OC(=O)CCCCCC/C=C/C/C=C/C/C=C/CC. The van der Waals surface area contributed by atoms with Gasteiger partial charge in [-0.3, -0.25) is 9.59 Å². The van der Waals surface area contributed by atoms with E-state index in [4.69, 9.17) is 14.2 Å². The Hall–Kier alpha value is -3.49. The fraction of sp³-hybridized carbons (Fsp3) is 0.622. The molecule has 0 aliphatic heterocycles. The van der Waals surface area contributed by atoms with Gasteiger partial charge in [-0.15, -0.1) is 0 Å². The summed E-state index contributed by atoms with van der Waals surface area (Å²) in [4.78, 5) is 36.7. The van der Waals surface area contributed by atoms with Gasteiger partial charge in [-0.05, 0) is 64.2 Å². The summed E-state index contributed by atoms with van der Waals surface area (Å²) in [5.41, 5.74) is 0. The minimum atomic E-state index is -1.14. The first-order valence-electron chi connectivity index (χ1n) is 20.2. The van der Waals surface area contributed by atoms with Crippen LogP contribution < -0.4 is 5.11 Å². The maximum Gasteiger partial charge on any atom is 0.306 e. The summed E-state index contributed by atoms with van der Waals surface area (Å²) in [5, 5.41) is 11.6. The number of carboxylic acid groups (broad SMARTS) is 1. The lowest BCUT2D eigenvalue weighted by Gasteiger charge is -2.34. The maximum atomic E-state index is 12.7. The molecule has 53 heavy (non-hydrogen) atoms. The van der Waals surface area contributed by atoms with Gasteiger partial charge >= 0.3 is 11.9 Å². The Morgan fingerprint density at radius 3 is 1.70 bits per heavy atom. The lowest BCUT2D eigenvalue weighted by molar-refractivity contribution is -0.889. The molecule has 8 nitrogen and oxygen atoms in total. The number of likely N-dealkylation sites (N-methyl/N-ethyl adjacent to an activating group) is 1. The molecule has 8 heteroatoms. The Morgan fingerprint density at radius 1 is 0.585 bits per heavy atom. The third-order valence-electron chi connectivity index (χ3n) is 8.37. The van der Waals surface area contributed by atoms with Crippen molar-refractivity contribution in [3.05, 3.63) is 85.1 Å². The zero-order valence-corrected chi connectivity index (χ0v) is 33.9. The van der Waals surface area contributed by atoms with Crippen LogP contribution in [0.2, 0.25) is 0 Å². The van der Waals surface area contributed by atoms with Gasteiger partial charge in [0.05, 0.1) is 40.3 Å². The zero-order chi connectivity index (χ0) is 39.3. The third-order valence-corrected chi connectivity index (χ3v) is 8.37. The maximum absolute atomic E-state index is 12.7. The van der Waals surface area contributed by atoms with E-state index in [1.165, 1.54) is 0 Å². The first-order chi connectivity index (χ1) is 25.6. The largest absolute Gasteiger partial charge is 0.544 e. The highest BCUT2D eigenvalue weighted by Gasteiger charge is 2.25. The predicted octanol–water partition coefficient (Wildman–Crippen LogP) is 9.24. The summed E-state index contributed by atoms with van der Waals surface area (Å²) in [6.45, 7) is 4.33. The Bertz CT molecular complexity index is 1140. The topological polar surface area (TPSA) is 102 Å². The lowest BCUT2D eigenvalue weighted by Crippen LogP contribution is -2.55. The molecular weight excluding hydrogens is 666 g/mol. The summed E-state index contributed by atoms with van der Waals surface area (Å²) in [6.07, 6.45) is 44.6. The number of nitrogens with zero attached hydrogens (tertiary/aromatic N) is 1. The molecule has 0 aliphatic carbocycles. The standard InChI is InChI=1S/C45H73NO7/c1-6-8-10-12-14-16-18-20-22-24-25-27-29-31-33-35-43(47)52-40-41(39-51-38-37-42(45(49)50)46(3,4)5)53-44(48)36-34-32-30-28-26-23-21-19-17-15-13-11-9-7-2/h8-12,14-18,20-23,41-42H,6-7,13,19,24-40H2,1-5H3/b10-8+,11-9+,14-12+,17-15+,18-16+,22-20+,23-21+. The molecule has 0 fully saturated rings. The van der Waals surface area contributed by atoms with Crippen LogP contribution in [0.1, 0.15) is 129 Å². The Balaban J connectivity index is 4.50. The Morgan fingerprint density at radius 2 is 1.09 bits per heavy atom. The first kappa shape index (κ1) is 49.5. The molecule has 0 spiro atoms. The second kappa shape index (κ2) is 35.5. The molecular formula is C45H73NO7. The summed E-state index contributed by atoms with van der Waals surface area (Å²) in [6, 6.07) is -0.738. The summed E-state index contributed by atoms with van der Waals surface area (Å²) >= 11 is 0. The van der Waals surface area contributed by atoms with Crippen LogP contribution in [-0.4, -0.2) is 75.5 Å².